The topological polar surface area (TPSA) is 64.1 Å². The second-order valence-corrected chi connectivity index (χ2v) is 6.15. The molecule has 0 spiro atoms. The summed E-state index contributed by atoms with van der Waals surface area (Å²) in [5.41, 5.74) is 2.20. The Morgan fingerprint density at radius 2 is 1.79 bits per heavy atom. The van der Waals surface area contributed by atoms with Crippen molar-refractivity contribution in [3.8, 4) is 17.2 Å². The number of aliphatic imine (C=N–C) groups is 1. The van der Waals surface area contributed by atoms with E-state index >= 15 is 0 Å². The van der Waals surface area contributed by atoms with E-state index < -0.39 is 0 Å². The van der Waals surface area contributed by atoms with Gasteiger partial charge in [0.25, 0.3) is 0 Å². The molecule has 0 atom stereocenters. The number of nitrogens with zero attached hydrogens (tertiary/aromatic N) is 1. The van der Waals surface area contributed by atoms with Crippen LogP contribution in [0, 0.1) is 0 Å². The van der Waals surface area contributed by atoms with Crippen molar-refractivity contribution in [2.24, 2.45) is 4.99 Å². The van der Waals surface area contributed by atoms with Crippen LogP contribution in [-0.4, -0.2) is 32.8 Å². The number of ether oxygens (including phenoxy) is 3. The highest BCUT2D eigenvalue weighted by molar-refractivity contribution is 14.0. The molecule has 0 bridgehead atoms. The van der Waals surface area contributed by atoms with E-state index in [1.54, 1.807) is 7.05 Å². The van der Waals surface area contributed by atoms with Crippen molar-refractivity contribution in [1.82, 2.24) is 10.6 Å². The van der Waals surface area contributed by atoms with Crippen molar-refractivity contribution in [2.45, 2.75) is 26.4 Å². The molecule has 2 N–H and O–H groups in total. The van der Waals surface area contributed by atoms with E-state index in [4.69, 9.17) is 14.2 Å². The molecular weight excluding hydrogens is 469 g/mol. The maximum atomic E-state index is 5.75. The summed E-state index contributed by atoms with van der Waals surface area (Å²) in [5, 5.41) is 6.66. The highest BCUT2D eigenvalue weighted by Gasteiger charge is 2.11. The number of para-hydroxylation sites is 1. The lowest BCUT2D eigenvalue weighted by atomic mass is 10.2. The molecule has 2 aromatic carbocycles. The van der Waals surface area contributed by atoms with Crippen LogP contribution in [-0.2, 0) is 13.1 Å². The van der Waals surface area contributed by atoms with Crippen LogP contribution in [0.5, 0.6) is 17.2 Å². The maximum absolute atomic E-state index is 5.75. The van der Waals surface area contributed by atoms with Crippen LogP contribution in [0.3, 0.4) is 0 Å². The van der Waals surface area contributed by atoms with Crippen molar-refractivity contribution in [2.75, 3.05) is 26.9 Å². The summed E-state index contributed by atoms with van der Waals surface area (Å²) < 4.78 is 17.1. The normalized spacial score (nSPS) is 13.1. The van der Waals surface area contributed by atoms with Crippen LogP contribution in [0.4, 0.5) is 0 Å². The van der Waals surface area contributed by atoms with Crippen molar-refractivity contribution < 1.29 is 14.2 Å². The van der Waals surface area contributed by atoms with Gasteiger partial charge in [-0.2, -0.15) is 0 Å². The third-order valence-corrected chi connectivity index (χ3v) is 4.21. The molecule has 28 heavy (non-hydrogen) atoms. The molecule has 0 saturated heterocycles. The summed E-state index contributed by atoms with van der Waals surface area (Å²) in [6.45, 7) is 5.30. The third kappa shape index (κ3) is 6.19. The third-order valence-electron chi connectivity index (χ3n) is 4.21. The lowest BCUT2D eigenvalue weighted by Gasteiger charge is -2.15. The summed E-state index contributed by atoms with van der Waals surface area (Å²) in [6.07, 6.45) is 0.905. The first kappa shape index (κ1) is 22.1. The molecule has 2 aromatic rings. The Bertz CT molecular complexity index is 783. The first-order valence-electron chi connectivity index (χ1n) is 9.34. The zero-order valence-corrected chi connectivity index (χ0v) is 18.7. The standard InChI is InChI=1S/C21H27N3O3.HI/c1-3-25-18-8-5-4-7-17(18)15-24-21(22-2)23-14-16-9-10-19-20(13-16)27-12-6-11-26-19;/h4-5,7-10,13H,3,6,11-12,14-15H2,1-2H3,(H2,22,23,24);1H. The van der Waals surface area contributed by atoms with Gasteiger partial charge < -0.3 is 24.8 Å². The van der Waals surface area contributed by atoms with Crippen LogP contribution in [0.25, 0.3) is 0 Å². The van der Waals surface area contributed by atoms with Gasteiger partial charge in [-0.15, -0.1) is 24.0 Å². The minimum atomic E-state index is 0. The summed E-state index contributed by atoms with van der Waals surface area (Å²) in [6, 6.07) is 14.0. The lowest BCUT2D eigenvalue weighted by Crippen LogP contribution is -2.36. The Labute approximate surface area is 183 Å². The number of halogens is 1. The molecular formula is C21H28IN3O3. The first-order valence-corrected chi connectivity index (χ1v) is 9.34. The molecule has 0 aromatic heterocycles. The number of benzene rings is 2. The average Bonchev–Trinajstić information content (AvgIpc) is 2.94. The Balaban J connectivity index is 0.00000280. The van der Waals surface area contributed by atoms with E-state index in [-0.39, 0.29) is 24.0 Å². The fraction of sp³-hybridized carbons (Fsp3) is 0.381. The predicted molar refractivity (Wildman–Crippen MR) is 122 cm³/mol. The highest BCUT2D eigenvalue weighted by atomic mass is 127. The van der Waals surface area contributed by atoms with Gasteiger partial charge >= 0.3 is 0 Å². The van der Waals surface area contributed by atoms with E-state index in [2.05, 4.69) is 21.7 Å². The van der Waals surface area contributed by atoms with Crippen LogP contribution in [0.2, 0.25) is 0 Å². The molecule has 0 saturated carbocycles. The Morgan fingerprint density at radius 3 is 2.57 bits per heavy atom. The van der Waals surface area contributed by atoms with Crippen molar-refractivity contribution in [3.63, 3.8) is 0 Å². The van der Waals surface area contributed by atoms with Crippen LogP contribution >= 0.6 is 24.0 Å². The minimum absolute atomic E-state index is 0. The first-order chi connectivity index (χ1) is 13.3. The number of guanidine groups is 1. The second-order valence-electron chi connectivity index (χ2n) is 6.15. The van der Waals surface area contributed by atoms with Crippen molar-refractivity contribution in [3.05, 3.63) is 53.6 Å². The average molecular weight is 497 g/mol. The van der Waals surface area contributed by atoms with Crippen LogP contribution < -0.4 is 24.8 Å². The number of hydrogen-bond donors (Lipinski definition) is 2. The monoisotopic (exact) mass is 497 g/mol. The van der Waals surface area contributed by atoms with E-state index in [9.17, 15) is 0 Å². The van der Waals surface area contributed by atoms with Gasteiger partial charge in [0.15, 0.2) is 17.5 Å². The highest BCUT2D eigenvalue weighted by Crippen LogP contribution is 2.30. The second kappa shape index (κ2) is 11.6. The largest absolute Gasteiger partial charge is 0.494 e. The van der Waals surface area contributed by atoms with Gasteiger partial charge in [-0.3, -0.25) is 4.99 Å². The minimum Gasteiger partial charge on any atom is -0.494 e. The number of rotatable bonds is 6. The quantitative estimate of drug-likeness (QED) is 0.362. The van der Waals surface area contributed by atoms with E-state index in [1.165, 1.54) is 0 Å². The molecule has 6 nitrogen and oxygen atoms in total. The van der Waals surface area contributed by atoms with Gasteiger partial charge in [0.1, 0.15) is 5.75 Å². The Morgan fingerprint density at radius 1 is 1.04 bits per heavy atom. The van der Waals surface area contributed by atoms with Gasteiger partial charge in [-0.1, -0.05) is 24.3 Å². The summed E-state index contributed by atoms with van der Waals surface area (Å²) in [7, 11) is 1.76. The SMILES string of the molecule is CCOc1ccccc1CNC(=NC)NCc1ccc2c(c1)OCCCO2.I. The van der Waals surface area contributed by atoms with Gasteiger partial charge in [0.2, 0.25) is 0 Å². The van der Waals surface area contributed by atoms with Gasteiger partial charge in [-0.05, 0) is 30.7 Å². The Hall–Kier alpha value is -2.16. The number of fused-ring (bicyclic) bond motifs is 1. The van der Waals surface area contributed by atoms with E-state index in [0.717, 1.165) is 40.8 Å². The molecule has 1 heterocycles. The summed E-state index contributed by atoms with van der Waals surface area (Å²) >= 11 is 0. The van der Waals surface area contributed by atoms with Gasteiger partial charge in [-0.25, -0.2) is 0 Å². The molecule has 3 rings (SSSR count). The van der Waals surface area contributed by atoms with Gasteiger partial charge in [0.05, 0.1) is 19.8 Å². The maximum Gasteiger partial charge on any atom is 0.191 e. The lowest BCUT2D eigenvalue weighted by molar-refractivity contribution is 0.297. The fourth-order valence-corrected chi connectivity index (χ4v) is 2.85. The zero-order chi connectivity index (χ0) is 18.9. The van der Waals surface area contributed by atoms with Crippen LogP contribution in [0.15, 0.2) is 47.5 Å². The predicted octanol–water partition coefficient (Wildman–Crippen LogP) is 3.73. The molecule has 0 amide bonds. The molecule has 7 heteroatoms. The molecule has 0 unspecified atom stereocenters. The van der Waals surface area contributed by atoms with E-state index in [1.807, 2.05) is 43.3 Å². The smallest absolute Gasteiger partial charge is 0.191 e. The molecule has 0 fully saturated rings. The molecule has 1 aliphatic heterocycles. The van der Waals surface area contributed by atoms with Crippen LogP contribution in [0.1, 0.15) is 24.5 Å². The molecule has 1 aliphatic rings. The summed E-state index contributed by atoms with van der Waals surface area (Å²) in [5.74, 6) is 3.24. The van der Waals surface area contributed by atoms with Gasteiger partial charge in [0, 0.05) is 32.1 Å². The van der Waals surface area contributed by atoms with Crippen molar-refractivity contribution in [1.29, 1.82) is 0 Å². The fourth-order valence-electron chi connectivity index (χ4n) is 2.85. The molecule has 152 valence electrons. The number of hydrogen-bond acceptors (Lipinski definition) is 4. The summed E-state index contributed by atoms with van der Waals surface area (Å²) in [4.78, 5) is 4.29. The Kier molecular flexibility index (Phi) is 9.19. The molecule has 0 aliphatic carbocycles. The van der Waals surface area contributed by atoms with E-state index in [0.29, 0.717) is 32.9 Å². The number of nitrogens with one attached hydrogen (secondary N) is 2. The molecule has 0 radical (unpaired) electrons. The zero-order valence-electron chi connectivity index (χ0n) is 16.4. The van der Waals surface area contributed by atoms with Crippen molar-refractivity contribution >= 4 is 29.9 Å².